The number of carbonyl (C=O) groups excluding carboxylic acids is 1. The van der Waals surface area contributed by atoms with Crippen molar-refractivity contribution in [3.8, 4) is 0 Å². The molecule has 0 aromatic heterocycles. The van der Waals surface area contributed by atoms with Crippen LogP contribution in [0.4, 0.5) is 11.4 Å². The molecule has 0 radical (unpaired) electrons. The summed E-state index contributed by atoms with van der Waals surface area (Å²) >= 11 is 0. The predicted octanol–water partition coefficient (Wildman–Crippen LogP) is 3.63. The van der Waals surface area contributed by atoms with Crippen molar-refractivity contribution in [3.63, 3.8) is 0 Å². The number of aryl methyl sites for hydroxylation is 1. The molecule has 0 fully saturated rings. The van der Waals surface area contributed by atoms with Gasteiger partial charge in [-0.3, -0.25) is 9.52 Å². The highest BCUT2D eigenvalue weighted by Crippen LogP contribution is 2.38. The van der Waals surface area contributed by atoms with Gasteiger partial charge in [0.05, 0.1) is 11.7 Å². The maximum Gasteiger partial charge on any atom is 0.236 e. The molecule has 2 N–H and O–H groups in total. The fraction of sp³-hybridized carbons (Fsp3) is 0.316. The topological polar surface area (TPSA) is 75.3 Å². The Morgan fingerprint density at radius 2 is 1.92 bits per heavy atom. The average molecular weight is 358 g/mol. The van der Waals surface area contributed by atoms with Crippen LogP contribution in [0.5, 0.6) is 0 Å². The summed E-state index contributed by atoms with van der Waals surface area (Å²) in [6.45, 7) is 5.89. The van der Waals surface area contributed by atoms with Crippen LogP contribution in [0.25, 0.3) is 0 Å². The van der Waals surface area contributed by atoms with Crippen LogP contribution >= 0.6 is 0 Å². The van der Waals surface area contributed by atoms with Crippen LogP contribution in [-0.2, 0) is 20.6 Å². The van der Waals surface area contributed by atoms with E-state index in [1.807, 2.05) is 39.0 Å². The highest BCUT2D eigenvalue weighted by atomic mass is 32.2. The second-order valence-corrected chi connectivity index (χ2v) is 8.59. The second-order valence-electron chi connectivity index (χ2n) is 6.86. The van der Waals surface area contributed by atoms with Gasteiger partial charge in [0.15, 0.2) is 0 Å². The van der Waals surface area contributed by atoms with E-state index in [9.17, 15) is 13.2 Å². The summed E-state index contributed by atoms with van der Waals surface area (Å²) in [4.78, 5) is 12.1. The van der Waals surface area contributed by atoms with E-state index in [1.54, 1.807) is 24.3 Å². The Morgan fingerprint density at radius 1 is 1.16 bits per heavy atom. The summed E-state index contributed by atoms with van der Waals surface area (Å²) in [5, 5.41) is 2.85. The summed E-state index contributed by atoms with van der Waals surface area (Å²) in [5.41, 5.74) is 3.84. The van der Waals surface area contributed by atoms with Gasteiger partial charge < -0.3 is 5.32 Å². The lowest BCUT2D eigenvalue weighted by atomic mass is 9.89. The molecule has 6 heteroatoms. The summed E-state index contributed by atoms with van der Waals surface area (Å²) in [6, 6.07) is 12.6. The number of hydrogen-bond donors (Lipinski definition) is 2. The quantitative estimate of drug-likeness (QED) is 0.857. The number of amides is 1. The van der Waals surface area contributed by atoms with Gasteiger partial charge in [-0.25, -0.2) is 8.42 Å². The maximum absolute atomic E-state index is 12.5. The largest absolute Gasteiger partial charge is 0.325 e. The highest BCUT2D eigenvalue weighted by molar-refractivity contribution is 7.91. The molecule has 0 spiro atoms. The van der Waals surface area contributed by atoms with Gasteiger partial charge in [-0.05, 0) is 42.2 Å². The summed E-state index contributed by atoms with van der Waals surface area (Å²) in [7, 11) is -3.53. The third-order valence-electron chi connectivity index (χ3n) is 4.31. The molecule has 1 aliphatic heterocycles. The SMILES string of the molecule is Cc1cccc(CS(=O)(=O)Nc2ccc3c(c2)C(C(C)C)C(=O)N3)c1. The van der Waals surface area contributed by atoms with Crippen molar-refractivity contribution in [1.82, 2.24) is 0 Å². The minimum absolute atomic E-state index is 0.0373. The summed E-state index contributed by atoms with van der Waals surface area (Å²) in [5.74, 6) is -0.238. The molecule has 2 aromatic rings. The Balaban J connectivity index is 1.83. The van der Waals surface area contributed by atoms with Gasteiger partial charge >= 0.3 is 0 Å². The lowest BCUT2D eigenvalue weighted by Gasteiger charge is -2.14. The van der Waals surface area contributed by atoms with E-state index >= 15 is 0 Å². The Hall–Kier alpha value is -2.34. The molecule has 0 saturated carbocycles. The fourth-order valence-corrected chi connectivity index (χ4v) is 4.42. The first kappa shape index (κ1) is 17.5. The van der Waals surface area contributed by atoms with Crippen molar-refractivity contribution in [2.24, 2.45) is 5.92 Å². The standard InChI is InChI=1S/C19H22N2O3S/c1-12(2)18-16-10-15(7-8-17(16)20-19(18)22)21-25(23,24)11-14-6-4-5-13(3)9-14/h4-10,12,18,21H,11H2,1-3H3,(H,20,22). The Bertz CT molecular complexity index is 920. The Morgan fingerprint density at radius 3 is 2.60 bits per heavy atom. The minimum atomic E-state index is -3.53. The maximum atomic E-state index is 12.5. The van der Waals surface area contributed by atoms with E-state index in [2.05, 4.69) is 10.0 Å². The number of hydrogen-bond acceptors (Lipinski definition) is 3. The first-order chi connectivity index (χ1) is 11.7. The normalized spacial score (nSPS) is 16.6. The molecule has 1 atom stereocenters. The van der Waals surface area contributed by atoms with Crippen LogP contribution in [0.1, 0.15) is 36.5 Å². The van der Waals surface area contributed by atoms with Crippen molar-refractivity contribution in [2.75, 3.05) is 10.0 Å². The van der Waals surface area contributed by atoms with Crippen LogP contribution in [0.15, 0.2) is 42.5 Å². The van der Waals surface area contributed by atoms with Gasteiger partial charge in [0.25, 0.3) is 0 Å². The van der Waals surface area contributed by atoms with Crippen molar-refractivity contribution >= 4 is 27.3 Å². The van der Waals surface area contributed by atoms with Crippen molar-refractivity contribution in [3.05, 3.63) is 59.2 Å². The van der Waals surface area contributed by atoms with Crippen LogP contribution in [-0.4, -0.2) is 14.3 Å². The van der Waals surface area contributed by atoms with Crippen molar-refractivity contribution in [2.45, 2.75) is 32.4 Å². The third-order valence-corrected chi connectivity index (χ3v) is 5.57. The molecule has 0 aliphatic carbocycles. The molecule has 1 unspecified atom stereocenters. The van der Waals surface area contributed by atoms with E-state index < -0.39 is 10.0 Å². The highest BCUT2D eigenvalue weighted by Gasteiger charge is 2.33. The van der Waals surface area contributed by atoms with Gasteiger partial charge in [0.1, 0.15) is 0 Å². The minimum Gasteiger partial charge on any atom is -0.325 e. The van der Waals surface area contributed by atoms with Crippen LogP contribution in [0.2, 0.25) is 0 Å². The summed E-state index contributed by atoms with van der Waals surface area (Å²) < 4.78 is 27.6. The van der Waals surface area contributed by atoms with Crippen LogP contribution < -0.4 is 10.0 Å². The van der Waals surface area contributed by atoms with E-state index in [-0.39, 0.29) is 23.5 Å². The van der Waals surface area contributed by atoms with E-state index in [0.717, 1.165) is 22.4 Å². The zero-order chi connectivity index (χ0) is 18.2. The van der Waals surface area contributed by atoms with Crippen molar-refractivity contribution in [1.29, 1.82) is 0 Å². The molecule has 132 valence electrons. The molecule has 2 aromatic carbocycles. The molecule has 1 aliphatic rings. The van der Waals surface area contributed by atoms with Gasteiger partial charge in [-0.1, -0.05) is 43.7 Å². The molecule has 3 rings (SSSR count). The van der Waals surface area contributed by atoms with E-state index in [4.69, 9.17) is 0 Å². The average Bonchev–Trinajstić information content (AvgIpc) is 2.81. The lowest BCUT2D eigenvalue weighted by molar-refractivity contribution is -0.117. The number of rotatable bonds is 5. The molecular weight excluding hydrogens is 336 g/mol. The van der Waals surface area contributed by atoms with Gasteiger partial charge in [0.2, 0.25) is 15.9 Å². The molecule has 25 heavy (non-hydrogen) atoms. The second kappa shape index (κ2) is 6.52. The molecular formula is C19H22N2O3S. The predicted molar refractivity (Wildman–Crippen MR) is 100 cm³/mol. The number of sulfonamides is 1. The first-order valence-corrected chi connectivity index (χ1v) is 9.91. The zero-order valence-corrected chi connectivity index (χ0v) is 15.4. The van der Waals surface area contributed by atoms with E-state index in [1.165, 1.54) is 0 Å². The molecule has 1 heterocycles. The molecule has 1 amide bonds. The zero-order valence-electron chi connectivity index (χ0n) is 14.5. The fourth-order valence-electron chi connectivity index (χ4n) is 3.25. The third kappa shape index (κ3) is 3.85. The smallest absolute Gasteiger partial charge is 0.236 e. The first-order valence-electron chi connectivity index (χ1n) is 8.26. The van der Waals surface area contributed by atoms with E-state index in [0.29, 0.717) is 5.69 Å². The molecule has 5 nitrogen and oxygen atoms in total. The van der Waals surface area contributed by atoms with Crippen LogP contribution in [0, 0.1) is 12.8 Å². The van der Waals surface area contributed by atoms with Gasteiger partial charge in [-0.2, -0.15) is 0 Å². The number of fused-ring (bicyclic) bond motifs is 1. The number of nitrogens with one attached hydrogen (secondary N) is 2. The number of carbonyl (C=O) groups is 1. The van der Waals surface area contributed by atoms with Gasteiger partial charge in [0, 0.05) is 11.4 Å². The number of anilines is 2. The number of benzene rings is 2. The lowest BCUT2D eigenvalue weighted by Crippen LogP contribution is -2.17. The van der Waals surface area contributed by atoms with Crippen molar-refractivity contribution < 1.29 is 13.2 Å². The monoisotopic (exact) mass is 358 g/mol. The Kier molecular flexibility index (Phi) is 4.56. The van der Waals surface area contributed by atoms with Crippen LogP contribution in [0.3, 0.4) is 0 Å². The Labute approximate surface area is 148 Å². The molecule has 0 bridgehead atoms. The summed E-state index contributed by atoms with van der Waals surface area (Å²) in [6.07, 6.45) is 0. The molecule has 0 saturated heterocycles. The van der Waals surface area contributed by atoms with Gasteiger partial charge in [-0.15, -0.1) is 0 Å².